The van der Waals surface area contributed by atoms with Crippen LogP contribution in [0.3, 0.4) is 0 Å². The molecule has 0 amide bonds. The first kappa shape index (κ1) is 10.9. The van der Waals surface area contributed by atoms with Crippen LogP contribution in [0.15, 0.2) is 24.8 Å². The van der Waals surface area contributed by atoms with Crippen LogP contribution in [0, 0.1) is 13.0 Å². The van der Waals surface area contributed by atoms with Crippen molar-refractivity contribution in [3.05, 3.63) is 42.0 Å². The van der Waals surface area contributed by atoms with E-state index in [-0.39, 0.29) is 32.7 Å². The molecule has 2 N–H and O–H groups in total. The minimum atomic E-state index is 0. The maximum absolute atomic E-state index is 5.54. The van der Waals surface area contributed by atoms with Crippen LogP contribution < -0.4 is 5.73 Å². The molecular formula is C9H10NY+2. The molecule has 11 heavy (non-hydrogen) atoms. The first-order chi connectivity index (χ1) is 4.74. The number of anilines is 1. The van der Waals surface area contributed by atoms with Crippen molar-refractivity contribution in [2.45, 2.75) is 6.92 Å². The largest absolute Gasteiger partial charge is 3.00 e. The van der Waals surface area contributed by atoms with Gasteiger partial charge >= 0.3 is 32.7 Å². The van der Waals surface area contributed by atoms with Gasteiger partial charge in [-0.2, -0.15) is 23.8 Å². The van der Waals surface area contributed by atoms with E-state index in [1.807, 2.05) is 25.1 Å². The molecule has 0 unspecified atom stereocenters. The van der Waals surface area contributed by atoms with Gasteiger partial charge in [-0.15, -0.1) is 12.1 Å². The summed E-state index contributed by atoms with van der Waals surface area (Å²) in [4.78, 5) is 0. The monoisotopic (exact) mass is 221 g/mol. The molecule has 1 aromatic rings. The Hall–Kier alpha value is -0.136. The quantitative estimate of drug-likeness (QED) is 0.569. The van der Waals surface area contributed by atoms with Crippen LogP contribution in [-0.4, -0.2) is 0 Å². The topological polar surface area (TPSA) is 26.0 Å². The average Bonchev–Trinajstić information content (AvgIpc) is 1.94. The van der Waals surface area contributed by atoms with Crippen LogP contribution in [0.4, 0.5) is 5.69 Å². The normalized spacial score (nSPS) is 8.45. The summed E-state index contributed by atoms with van der Waals surface area (Å²) >= 11 is 0. The fourth-order valence-corrected chi connectivity index (χ4v) is 0.830. The second kappa shape index (κ2) is 4.68. The van der Waals surface area contributed by atoms with E-state index in [1.165, 1.54) is 0 Å². The average molecular weight is 221 g/mol. The van der Waals surface area contributed by atoms with E-state index < -0.39 is 0 Å². The maximum Gasteiger partial charge on any atom is 3.00 e. The standard InChI is InChI=1S/C9H10N.Y/c1-3-8-6-9(10)5-4-7(8)2;/h4-6H,1,10H2,2H3;/q-1;+3. The number of rotatable bonds is 1. The van der Waals surface area contributed by atoms with Crippen LogP contribution in [0.5, 0.6) is 0 Å². The molecule has 0 saturated carbocycles. The van der Waals surface area contributed by atoms with E-state index >= 15 is 0 Å². The third-order valence-corrected chi connectivity index (χ3v) is 1.45. The van der Waals surface area contributed by atoms with E-state index in [4.69, 9.17) is 5.73 Å². The summed E-state index contributed by atoms with van der Waals surface area (Å²) in [5, 5.41) is 0. The minimum absolute atomic E-state index is 0. The van der Waals surface area contributed by atoms with Crippen molar-refractivity contribution >= 4 is 5.69 Å². The zero-order chi connectivity index (χ0) is 7.56. The summed E-state index contributed by atoms with van der Waals surface area (Å²) in [6, 6.07) is 5.70. The number of nitrogens with two attached hydrogens (primary N) is 1. The first-order valence-electron chi connectivity index (χ1n) is 3.13. The zero-order valence-corrected chi connectivity index (χ0v) is 9.43. The number of nitrogen functional groups attached to an aromatic ring is 1. The van der Waals surface area contributed by atoms with Crippen molar-refractivity contribution < 1.29 is 32.7 Å². The van der Waals surface area contributed by atoms with E-state index in [2.05, 4.69) is 12.7 Å². The Morgan fingerprint density at radius 2 is 2.09 bits per heavy atom. The predicted molar refractivity (Wildman–Crippen MR) is 43.6 cm³/mol. The molecule has 0 aliphatic rings. The Morgan fingerprint density at radius 3 is 2.55 bits per heavy atom. The molecule has 0 radical (unpaired) electrons. The molecule has 0 saturated heterocycles. The van der Waals surface area contributed by atoms with Crippen molar-refractivity contribution in [1.82, 2.24) is 0 Å². The molecule has 1 aromatic carbocycles. The van der Waals surface area contributed by atoms with E-state index in [0.717, 1.165) is 16.8 Å². The molecule has 1 nitrogen and oxygen atoms in total. The zero-order valence-electron chi connectivity index (χ0n) is 6.59. The molecular weight excluding hydrogens is 211 g/mol. The second-order valence-corrected chi connectivity index (χ2v) is 2.25. The van der Waals surface area contributed by atoms with Crippen molar-refractivity contribution in [1.29, 1.82) is 0 Å². The number of benzene rings is 1. The van der Waals surface area contributed by atoms with Crippen molar-refractivity contribution in [2.24, 2.45) is 0 Å². The Kier molecular flexibility index (Phi) is 4.63. The smallest absolute Gasteiger partial charge is 0.409 e. The third-order valence-electron chi connectivity index (χ3n) is 1.45. The van der Waals surface area contributed by atoms with Crippen LogP contribution in [0.2, 0.25) is 0 Å². The molecule has 0 bridgehead atoms. The van der Waals surface area contributed by atoms with Crippen LogP contribution in [0.25, 0.3) is 0 Å². The van der Waals surface area contributed by atoms with Gasteiger partial charge in [0, 0.05) is 0 Å². The minimum Gasteiger partial charge on any atom is -0.409 e. The molecule has 0 spiro atoms. The Bertz CT molecular complexity index is 256. The molecule has 0 aliphatic carbocycles. The van der Waals surface area contributed by atoms with Gasteiger partial charge in [0.15, 0.2) is 0 Å². The fourth-order valence-electron chi connectivity index (χ4n) is 0.830. The maximum atomic E-state index is 5.54. The number of hydrogen-bond donors (Lipinski definition) is 1. The van der Waals surface area contributed by atoms with Gasteiger partial charge in [-0.3, -0.25) is 0 Å². The summed E-state index contributed by atoms with van der Waals surface area (Å²) < 4.78 is 0. The van der Waals surface area contributed by atoms with Crippen LogP contribution in [0.1, 0.15) is 11.1 Å². The second-order valence-electron chi connectivity index (χ2n) is 2.25. The summed E-state index contributed by atoms with van der Waals surface area (Å²) in [6.45, 7) is 5.56. The van der Waals surface area contributed by atoms with Gasteiger partial charge in [0.1, 0.15) is 0 Å². The number of hydrogen-bond acceptors (Lipinski definition) is 1. The van der Waals surface area contributed by atoms with Crippen LogP contribution >= 0.6 is 0 Å². The van der Waals surface area contributed by atoms with Crippen molar-refractivity contribution in [3.8, 4) is 0 Å². The van der Waals surface area contributed by atoms with Gasteiger partial charge in [-0.1, -0.05) is 13.0 Å². The predicted octanol–water partition coefficient (Wildman–Crippen LogP) is 1.91. The first-order valence-corrected chi connectivity index (χ1v) is 3.13. The SMILES string of the molecule is C=[C-]c1cc(N)ccc1C.[Y+3]. The van der Waals surface area contributed by atoms with E-state index in [9.17, 15) is 0 Å². The molecule has 0 fully saturated rings. The van der Waals surface area contributed by atoms with Crippen molar-refractivity contribution in [3.63, 3.8) is 0 Å². The Balaban J connectivity index is 0.000001000. The Labute approximate surface area is 92.6 Å². The molecule has 52 valence electrons. The number of aryl methyl sites for hydroxylation is 1. The van der Waals surface area contributed by atoms with Crippen LogP contribution in [-0.2, 0) is 32.7 Å². The molecule has 0 heterocycles. The molecule has 2 heteroatoms. The summed E-state index contributed by atoms with van der Waals surface area (Å²) in [6.07, 6.45) is 2.81. The summed E-state index contributed by atoms with van der Waals surface area (Å²) in [5.74, 6) is 0. The van der Waals surface area contributed by atoms with E-state index in [0.29, 0.717) is 0 Å². The van der Waals surface area contributed by atoms with Gasteiger partial charge in [0.25, 0.3) is 0 Å². The molecule has 0 aromatic heterocycles. The summed E-state index contributed by atoms with van der Waals surface area (Å²) in [5.41, 5.74) is 8.44. The van der Waals surface area contributed by atoms with Gasteiger partial charge in [-0.05, 0) is 5.69 Å². The molecule has 0 aliphatic heterocycles. The molecule has 0 atom stereocenters. The van der Waals surface area contributed by atoms with Crippen molar-refractivity contribution in [2.75, 3.05) is 5.73 Å². The summed E-state index contributed by atoms with van der Waals surface area (Å²) in [7, 11) is 0. The Morgan fingerprint density at radius 1 is 1.45 bits per heavy atom. The van der Waals surface area contributed by atoms with E-state index in [1.54, 1.807) is 0 Å². The van der Waals surface area contributed by atoms with Gasteiger partial charge < -0.3 is 5.73 Å². The van der Waals surface area contributed by atoms with Gasteiger partial charge in [0.05, 0.1) is 0 Å². The third kappa shape index (κ3) is 2.76. The molecule has 1 rings (SSSR count). The fraction of sp³-hybridized carbons (Fsp3) is 0.111. The van der Waals surface area contributed by atoms with Gasteiger partial charge in [0.2, 0.25) is 0 Å². The van der Waals surface area contributed by atoms with Gasteiger partial charge in [-0.25, -0.2) is 0 Å².